The van der Waals surface area contributed by atoms with E-state index >= 15 is 0 Å². The summed E-state index contributed by atoms with van der Waals surface area (Å²) in [4.78, 5) is 28.7. The number of methoxy groups -OCH3 is 2. The zero-order valence-corrected chi connectivity index (χ0v) is 23.4. The number of halogens is 2. The Labute approximate surface area is 233 Å². The second-order valence-corrected chi connectivity index (χ2v) is 9.74. The summed E-state index contributed by atoms with van der Waals surface area (Å²) in [5.41, 5.74) is 1.44. The van der Waals surface area contributed by atoms with Gasteiger partial charge < -0.3 is 24.4 Å². The van der Waals surface area contributed by atoms with Gasteiger partial charge in [-0.15, -0.1) is 0 Å². The van der Waals surface area contributed by atoms with Gasteiger partial charge in [-0.05, 0) is 31.5 Å². The van der Waals surface area contributed by atoms with Gasteiger partial charge in [0, 0.05) is 52.8 Å². The van der Waals surface area contributed by atoms with Gasteiger partial charge in [0.1, 0.15) is 23.3 Å². The molecule has 0 radical (unpaired) electrons. The van der Waals surface area contributed by atoms with Gasteiger partial charge in [0.25, 0.3) is 5.91 Å². The molecule has 3 aromatic carbocycles. The minimum Gasteiger partial charge on any atom is -0.496 e. The molecular formula is C29H32Cl2N2O5. The first-order valence-corrected chi connectivity index (χ1v) is 12.9. The molecule has 0 heterocycles. The maximum absolute atomic E-state index is 13.7. The lowest BCUT2D eigenvalue weighted by molar-refractivity contribution is -0.143. The van der Waals surface area contributed by atoms with Crippen LogP contribution in [-0.4, -0.2) is 49.6 Å². The van der Waals surface area contributed by atoms with Crippen molar-refractivity contribution < 1.29 is 23.8 Å². The van der Waals surface area contributed by atoms with E-state index in [-0.39, 0.29) is 25.1 Å². The molecule has 202 valence electrons. The van der Waals surface area contributed by atoms with Crippen molar-refractivity contribution in [3.63, 3.8) is 0 Å². The molecule has 0 spiro atoms. The second kappa shape index (κ2) is 13.9. The number of carbonyl (C=O) groups excluding carboxylic acids is 2. The fourth-order valence-corrected chi connectivity index (χ4v) is 4.40. The van der Waals surface area contributed by atoms with Crippen LogP contribution in [0.5, 0.6) is 17.2 Å². The molecule has 2 amide bonds. The molecule has 1 atom stereocenters. The number of hydrogen-bond donors (Lipinski definition) is 1. The number of carbonyl (C=O) groups is 2. The highest BCUT2D eigenvalue weighted by Crippen LogP contribution is 2.29. The molecule has 0 aliphatic carbocycles. The van der Waals surface area contributed by atoms with Crippen molar-refractivity contribution >= 4 is 35.0 Å². The lowest BCUT2D eigenvalue weighted by Crippen LogP contribution is -2.52. The van der Waals surface area contributed by atoms with E-state index in [4.69, 9.17) is 37.4 Å². The van der Waals surface area contributed by atoms with Crippen LogP contribution in [0.15, 0.2) is 66.7 Å². The van der Waals surface area contributed by atoms with Crippen molar-refractivity contribution in [1.29, 1.82) is 0 Å². The minimum atomic E-state index is -0.844. The Morgan fingerprint density at radius 3 is 2.00 bits per heavy atom. The molecule has 0 bridgehead atoms. The van der Waals surface area contributed by atoms with E-state index in [9.17, 15) is 9.59 Å². The van der Waals surface area contributed by atoms with E-state index in [0.717, 1.165) is 5.56 Å². The van der Waals surface area contributed by atoms with Crippen molar-refractivity contribution in [2.45, 2.75) is 38.9 Å². The predicted octanol–water partition coefficient (Wildman–Crippen LogP) is 5.55. The van der Waals surface area contributed by atoms with E-state index < -0.39 is 11.9 Å². The van der Waals surface area contributed by atoms with Crippen molar-refractivity contribution in [2.75, 3.05) is 20.8 Å². The number of amides is 2. The number of nitrogens with zero attached hydrogens (tertiary/aromatic N) is 1. The third-order valence-corrected chi connectivity index (χ3v) is 6.49. The molecule has 0 saturated heterocycles. The van der Waals surface area contributed by atoms with E-state index in [1.807, 2.05) is 44.2 Å². The normalized spacial score (nSPS) is 11.6. The van der Waals surface area contributed by atoms with Crippen LogP contribution in [0, 0.1) is 0 Å². The summed E-state index contributed by atoms with van der Waals surface area (Å²) >= 11 is 12.9. The Hall–Kier alpha value is -3.42. The highest BCUT2D eigenvalue weighted by atomic mass is 35.5. The second-order valence-electron chi connectivity index (χ2n) is 8.93. The molecule has 1 N–H and O–H groups in total. The van der Waals surface area contributed by atoms with Crippen LogP contribution >= 0.6 is 23.2 Å². The molecule has 0 fully saturated rings. The van der Waals surface area contributed by atoms with Crippen LogP contribution < -0.4 is 19.5 Å². The highest BCUT2D eigenvalue weighted by Gasteiger charge is 2.32. The van der Waals surface area contributed by atoms with Crippen LogP contribution in [-0.2, 0) is 22.6 Å². The summed E-state index contributed by atoms with van der Waals surface area (Å²) in [6, 6.07) is 18.7. The summed E-state index contributed by atoms with van der Waals surface area (Å²) in [6.07, 6.45) is 0.292. The van der Waals surface area contributed by atoms with Crippen LogP contribution in [0.3, 0.4) is 0 Å². The molecule has 3 aromatic rings. The third kappa shape index (κ3) is 8.04. The number of hydrogen-bond acceptors (Lipinski definition) is 5. The number of benzene rings is 3. The number of ether oxygens (including phenoxy) is 3. The Bertz CT molecular complexity index is 1190. The van der Waals surface area contributed by atoms with Gasteiger partial charge in [0.2, 0.25) is 5.91 Å². The average molecular weight is 559 g/mol. The summed E-state index contributed by atoms with van der Waals surface area (Å²) in [7, 11) is 3.06. The Kier molecular flexibility index (Phi) is 10.7. The quantitative estimate of drug-likeness (QED) is 0.315. The topological polar surface area (TPSA) is 77.1 Å². The zero-order valence-electron chi connectivity index (χ0n) is 21.9. The van der Waals surface area contributed by atoms with Crippen LogP contribution in [0.2, 0.25) is 10.0 Å². The summed E-state index contributed by atoms with van der Waals surface area (Å²) < 4.78 is 16.4. The number of nitrogens with one attached hydrogen (secondary N) is 1. The lowest BCUT2D eigenvalue weighted by Gasteiger charge is -2.32. The van der Waals surface area contributed by atoms with E-state index in [0.29, 0.717) is 39.3 Å². The van der Waals surface area contributed by atoms with Gasteiger partial charge in [0.15, 0.2) is 6.61 Å². The van der Waals surface area contributed by atoms with Gasteiger partial charge in [-0.2, -0.15) is 0 Å². The zero-order chi connectivity index (χ0) is 27.7. The maximum Gasteiger partial charge on any atom is 0.261 e. The fourth-order valence-electron chi connectivity index (χ4n) is 3.88. The summed E-state index contributed by atoms with van der Waals surface area (Å²) in [5, 5.41) is 3.74. The molecule has 7 nitrogen and oxygen atoms in total. The van der Waals surface area contributed by atoms with Crippen LogP contribution in [0.1, 0.15) is 25.0 Å². The molecule has 0 aromatic heterocycles. The Morgan fingerprint density at radius 1 is 0.868 bits per heavy atom. The first-order valence-electron chi connectivity index (χ1n) is 12.1. The van der Waals surface area contributed by atoms with Gasteiger partial charge in [0.05, 0.1) is 14.2 Å². The predicted molar refractivity (Wildman–Crippen MR) is 149 cm³/mol. The minimum absolute atomic E-state index is 0.0190. The monoisotopic (exact) mass is 558 g/mol. The first kappa shape index (κ1) is 29.1. The highest BCUT2D eigenvalue weighted by molar-refractivity contribution is 6.36. The van der Waals surface area contributed by atoms with E-state index in [2.05, 4.69) is 5.32 Å². The van der Waals surface area contributed by atoms with Gasteiger partial charge in [-0.1, -0.05) is 59.6 Å². The molecular weight excluding hydrogens is 527 g/mol. The smallest absolute Gasteiger partial charge is 0.261 e. The molecule has 3 rings (SSSR count). The molecule has 0 aliphatic heterocycles. The molecule has 0 saturated carbocycles. The summed E-state index contributed by atoms with van der Waals surface area (Å²) in [5.74, 6) is 0.720. The van der Waals surface area contributed by atoms with Crippen molar-refractivity contribution in [3.05, 3.63) is 87.9 Å². The summed E-state index contributed by atoms with van der Waals surface area (Å²) in [6.45, 7) is 3.42. The standard InChI is InChI=1S/C29H32Cl2N2O5/c1-19(2)32-29(35)27(13-20-9-6-5-7-10-20)33(17-24-25(30)11-8-12-26(24)31)28(34)18-38-23-15-21(36-3)14-22(16-23)37-4/h5-12,14-16,19,27H,13,17-18H2,1-4H3,(H,32,35)/t27-/m1/s1. The molecule has 0 aliphatic rings. The van der Waals surface area contributed by atoms with Crippen molar-refractivity contribution in [3.8, 4) is 17.2 Å². The maximum atomic E-state index is 13.7. The number of rotatable bonds is 12. The Balaban J connectivity index is 1.97. The van der Waals surface area contributed by atoms with Crippen molar-refractivity contribution in [2.24, 2.45) is 0 Å². The van der Waals surface area contributed by atoms with E-state index in [1.54, 1.807) is 36.4 Å². The van der Waals surface area contributed by atoms with Crippen molar-refractivity contribution in [1.82, 2.24) is 10.2 Å². The van der Waals surface area contributed by atoms with Gasteiger partial charge >= 0.3 is 0 Å². The average Bonchev–Trinajstić information content (AvgIpc) is 2.90. The molecule has 9 heteroatoms. The Morgan fingerprint density at radius 2 is 1.45 bits per heavy atom. The third-order valence-electron chi connectivity index (χ3n) is 5.78. The van der Waals surface area contributed by atoms with Gasteiger partial charge in [-0.25, -0.2) is 0 Å². The first-order chi connectivity index (χ1) is 18.2. The SMILES string of the molecule is COc1cc(OC)cc(OCC(=O)N(Cc2c(Cl)cccc2Cl)[C@H](Cc2ccccc2)C(=O)NC(C)C)c1. The fraction of sp³-hybridized carbons (Fsp3) is 0.310. The largest absolute Gasteiger partial charge is 0.496 e. The molecule has 38 heavy (non-hydrogen) atoms. The van der Waals surface area contributed by atoms with Crippen LogP contribution in [0.25, 0.3) is 0 Å². The van der Waals surface area contributed by atoms with Crippen LogP contribution in [0.4, 0.5) is 0 Å². The van der Waals surface area contributed by atoms with Gasteiger partial charge in [-0.3, -0.25) is 9.59 Å². The molecule has 0 unspecified atom stereocenters. The van der Waals surface area contributed by atoms with E-state index in [1.165, 1.54) is 19.1 Å². The lowest BCUT2D eigenvalue weighted by atomic mass is 10.0.